The third-order valence-electron chi connectivity index (χ3n) is 2.18. The van der Waals surface area contributed by atoms with E-state index in [0.29, 0.717) is 6.42 Å². The molecule has 1 N–H and O–H groups in total. The van der Waals surface area contributed by atoms with Crippen LogP contribution in [0.3, 0.4) is 0 Å². The van der Waals surface area contributed by atoms with Gasteiger partial charge >= 0.3 is 0 Å². The minimum absolute atomic E-state index is 0.127. The summed E-state index contributed by atoms with van der Waals surface area (Å²) >= 11 is 5.94. The smallest absolute Gasteiger partial charge is 0.100 e. The van der Waals surface area contributed by atoms with Gasteiger partial charge < -0.3 is 0 Å². The Balaban J connectivity index is 2.52. The molecule has 1 aromatic rings. The SMILES string of the molecule is CCC(Cl)N[C@H](C#N)Cc1ccccc1. The molecule has 0 radical (unpaired) electrons. The molecular formula is C12H15ClN2. The number of halogens is 1. The van der Waals surface area contributed by atoms with Crippen molar-refractivity contribution in [3.05, 3.63) is 35.9 Å². The molecule has 15 heavy (non-hydrogen) atoms. The van der Waals surface area contributed by atoms with Crippen LogP contribution >= 0.6 is 11.6 Å². The second-order valence-electron chi connectivity index (χ2n) is 3.41. The van der Waals surface area contributed by atoms with Gasteiger partial charge in [0.05, 0.1) is 11.6 Å². The fraction of sp³-hybridized carbons (Fsp3) is 0.417. The highest BCUT2D eigenvalue weighted by Gasteiger charge is 2.11. The molecule has 0 bridgehead atoms. The molecule has 0 saturated heterocycles. The standard InChI is InChI=1S/C12H15ClN2/c1-2-12(13)15-11(9-14)8-10-6-4-3-5-7-10/h3-7,11-12,15H,2,8H2,1H3/t11-,12?/m0/s1. The van der Waals surface area contributed by atoms with Gasteiger partial charge in [-0.15, -0.1) is 11.6 Å². The molecule has 0 aliphatic heterocycles. The molecule has 0 aliphatic carbocycles. The first kappa shape index (κ1) is 12.0. The minimum Gasteiger partial charge on any atom is -0.286 e. The molecule has 0 saturated carbocycles. The Morgan fingerprint density at radius 2 is 2.07 bits per heavy atom. The molecule has 80 valence electrons. The van der Waals surface area contributed by atoms with Gasteiger partial charge in [-0.2, -0.15) is 5.26 Å². The fourth-order valence-electron chi connectivity index (χ4n) is 1.33. The molecule has 3 heteroatoms. The van der Waals surface area contributed by atoms with Gasteiger partial charge in [0, 0.05) is 6.42 Å². The molecule has 0 amide bonds. The van der Waals surface area contributed by atoms with Gasteiger partial charge in [-0.25, -0.2) is 0 Å². The Hall–Kier alpha value is -1.04. The van der Waals surface area contributed by atoms with Gasteiger partial charge in [-0.05, 0) is 12.0 Å². The number of nitriles is 1. The van der Waals surface area contributed by atoms with Crippen LogP contribution in [0.25, 0.3) is 0 Å². The predicted molar refractivity (Wildman–Crippen MR) is 62.6 cm³/mol. The number of hydrogen-bond donors (Lipinski definition) is 1. The molecule has 0 fully saturated rings. The summed E-state index contributed by atoms with van der Waals surface area (Å²) in [4.78, 5) is 0. The Morgan fingerprint density at radius 1 is 1.40 bits per heavy atom. The zero-order valence-corrected chi connectivity index (χ0v) is 9.54. The lowest BCUT2D eigenvalue weighted by molar-refractivity contribution is 0.557. The molecule has 0 aromatic heterocycles. The van der Waals surface area contributed by atoms with Gasteiger partial charge in [0.15, 0.2) is 0 Å². The highest BCUT2D eigenvalue weighted by Crippen LogP contribution is 2.05. The van der Waals surface area contributed by atoms with E-state index in [1.807, 2.05) is 37.3 Å². The van der Waals surface area contributed by atoms with Crippen LogP contribution in [-0.4, -0.2) is 11.5 Å². The lowest BCUT2D eigenvalue weighted by Gasteiger charge is -2.14. The van der Waals surface area contributed by atoms with E-state index in [1.54, 1.807) is 0 Å². The Morgan fingerprint density at radius 3 is 2.60 bits per heavy atom. The Kier molecular flexibility index (Phi) is 5.17. The van der Waals surface area contributed by atoms with E-state index in [2.05, 4.69) is 11.4 Å². The van der Waals surface area contributed by atoms with Gasteiger partial charge in [0.25, 0.3) is 0 Å². The molecule has 1 rings (SSSR count). The van der Waals surface area contributed by atoms with E-state index in [1.165, 1.54) is 0 Å². The monoisotopic (exact) mass is 222 g/mol. The largest absolute Gasteiger partial charge is 0.286 e. The van der Waals surface area contributed by atoms with Crippen LogP contribution in [0.2, 0.25) is 0 Å². The highest BCUT2D eigenvalue weighted by atomic mass is 35.5. The summed E-state index contributed by atoms with van der Waals surface area (Å²) in [5.74, 6) is 0. The van der Waals surface area contributed by atoms with Crippen molar-refractivity contribution in [1.82, 2.24) is 5.32 Å². The average molecular weight is 223 g/mol. The normalized spacial score (nSPS) is 14.2. The van der Waals surface area contributed by atoms with E-state index in [9.17, 15) is 0 Å². The predicted octanol–water partition coefficient (Wildman–Crippen LogP) is 2.69. The van der Waals surface area contributed by atoms with Crippen LogP contribution in [0.1, 0.15) is 18.9 Å². The lowest BCUT2D eigenvalue weighted by atomic mass is 10.1. The maximum atomic E-state index is 8.96. The first-order valence-electron chi connectivity index (χ1n) is 5.10. The third-order valence-corrected chi connectivity index (χ3v) is 2.61. The summed E-state index contributed by atoms with van der Waals surface area (Å²) in [6.07, 6.45) is 1.51. The van der Waals surface area contributed by atoms with E-state index >= 15 is 0 Å². The topological polar surface area (TPSA) is 35.8 Å². The molecule has 0 spiro atoms. The average Bonchev–Trinajstić information content (AvgIpc) is 2.29. The molecule has 0 aliphatic rings. The summed E-state index contributed by atoms with van der Waals surface area (Å²) in [6, 6.07) is 12.0. The molecular weight excluding hydrogens is 208 g/mol. The highest BCUT2D eigenvalue weighted by molar-refractivity contribution is 6.20. The van der Waals surface area contributed by atoms with Crippen LogP contribution in [-0.2, 0) is 6.42 Å². The van der Waals surface area contributed by atoms with Crippen molar-refractivity contribution in [1.29, 1.82) is 5.26 Å². The number of hydrogen-bond acceptors (Lipinski definition) is 2. The van der Waals surface area contributed by atoms with Crippen LogP contribution in [0.4, 0.5) is 0 Å². The maximum absolute atomic E-state index is 8.96. The van der Waals surface area contributed by atoms with E-state index in [0.717, 1.165) is 12.0 Å². The number of alkyl halides is 1. The molecule has 0 heterocycles. The fourth-order valence-corrected chi connectivity index (χ4v) is 1.48. The van der Waals surface area contributed by atoms with Gasteiger partial charge in [-0.3, -0.25) is 5.32 Å². The number of benzene rings is 1. The van der Waals surface area contributed by atoms with Crippen LogP contribution in [0.15, 0.2) is 30.3 Å². The van der Waals surface area contributed by atoms with Crippen LogP contribution in [0.5, 0.6) is 0 Å². The van der Waals surface area contributed by atoms with Crippen molar-refractivity contribution in [2.24, 2.45) is 0 Å². The van der Waals surface area contributed by atoms with E-state index in [4.69, 9.17) is 16.9 Å². The van der Waals surface area contributed by atoms with Crippen LogP contribution < -0.4 is 5.32 Å². The molecule has 2 atom stereocenters. The van der Waals surface area contributed by atoms with Gasteiger partial charge in [-0.1, -0.05) is 37.3 Å². The zero-order valence-electron chi connectivity index (χ0n) is 8.78. The second kappa shape index (κ2) is 6.44. The van der Waals surface area contributed by atoms with Crippen molar-refractivity contribution in [3.63, 3.8) is 0 Å². The number of nitrogens with zero attached hydrogens (tertiary/aromatic N) is 1. The van der Waals surface area contributed by atoms with E-state index in [-0.39, 0.29) is 11.5 Å². The first-order chi connectivity index (χ1) is 7.26. The summed E-state index contributed by atoms with van der Waals surface area (Å²) in [5, 5.41) is 12.0. The Bertz CT molecular complexity index is 318. The summed E-state index contributed by atoms with van der Waals surface area (Å²) in [5.41, 5.74) is 1.02. The van der Waals surface area contributed by atoms with Gasteiger partial charge in [0.2, 0.25) is 0 Å². The summed E-state index contributed by atoms with van der Waals surface area (Å²) in [6.45, 7) is 1.99. The van der Waals surface area contributed by atoms with Gasteiger partial charge in [0.1, 0.15) is 6.04 Å². The quantitative estimate of drug-likeness (QED) is 0.614. The van der Waals surface area contributed by atoms with Crippen molar-refractivity contribution in [3.8, 4) is 6.07 Å². The second-order valence-corrected chi connectivity index (χ2v) is 3.94. The summed E-state index contributed by atoms with van der Waals surface area (Å²) in [7, 11) is 0. The van der Waals surface area contributed by atoms with Crippen molar-refractivity contribution in [2.75, 3.05) is 0 Å². The number of rotatable bonds is 5. The van der Waals surface area contributed by atoms with E-state index < -0.39 is 0 Å². The van der Waals surface area contributed by atoms with Crippen LogP contribution in [0, 0.1) is 11.3 Å². The Labute approximate surface area is 95.9 Å². The minimum atomic E-state index is -0.213. The molecule has 1 aromatic carbocycles. The molecule has 2 nitrogen and oxygen atoms in total. The molecule has 1 unspecified atom stereocenters. The van der Waals surface area contributed by atoms with Crippen molar-refractivity contribution >= 4 is 11.6 Å². The maximum Gasteiger partial charge on any atom is 0.100 e. The van der Waals surface area contributed by atoms with Crippen molar-refractivity contribution < 1.29 is 0 Å². The zero-order chi connectivity index (χ0) is 11.1. The summed E-state index contributed by atoms with van der Waals surface area (Å²) < 4.78 is 0. The first-order valence-corrected chi connectivity index (χ1v) is 5.53. The van der Waals surface area contributed by atoms with Crippen molar-refractivity contribution in [2.45, 2.75) is 31.3 Å². The lowest BCUT2D eigenvalue weighted by Crippen LogP contribution is -2.35. The third kappa shape index (κ3) is 4.33. The number of nitrogens with one attached hydrogen (secondary N) is 1.